The van der Waals surface area contributed by atoms with Crippen LogP contribution in [0.3, 0.4) is 0 Å². The predicted molar refractivity (Wildman–Crippen MR) is 98.0 cm³/mol. The molecule has 0 unspecified atom stereocenters. The van der Waals surface area contributed by atoms with Gasteiger partial charge in [0.05, 0.1) is 4.90 Å². The van der Waals surface area contributed by atoms with Crippen LogP contribution in [0.4, 0.5) is 13.2 Å². The minimum Gasteiger partial charge on any atom is -0.415 e. The molecule has 0 aliphatic heterocycles. The number of allylic oxidation sites excluding steroid dienone is 1. The van der Waals surface area contributed by atoms with Gasteiger partial charge >= 0.3 is 12.1 Å². The number of carbonyl (C=O) groups is 1. The van der Waals surface area contributed by atoms with Gasteiger partial charge in [-0.2, -0.15) is 13.2 Å². The molecule has 0 fully saturated rings. The second kappa shape index (κ2) is 8.52. The third kappa shape index (κ3) is 5.34. The smallest absolute Gasteiger partial charge is 0.415 e. The van der Waals surface area contributed by atoms with E-state index in [1.54, 1.807) is 0 Å². The Bertz CT molecular complexity index is 1140. The molecule has 30 heavy (non-hydrogen) atoms. The van der Waals surface area contributed by atoms with Crippen LogP contribution in [-0.2, 0) is 14.6 Å². The number of amides is 1. The van der Waals surface area contributed by atoms with E-state index in [0.29, 0.717) is 0 Å². The molecule has 0 aliphatic rings. The van der Waals surface area contributed by atoms with E-state index in [2.05, 4.69) is 20.7 Å². The number of hydrogen-bond donors (Lipinski definition) is 2. The zero-order chi connectivity index (χ0) is 22.7. The maximum atomic E-state index is 12.9. The van der Waals surface area contributed by atoms with Gasteiger partial charge in [0.1, 0.15) is 18.0 Å². The standard InChI is InChI=1S/C16H14F3N5O5S/c1-8(13(20)16(17,18)19)12(21-7-11(25)24-26)15-23-22-14(29-15)9-4-3-5-10(6-9)30(2,27)28/h3-6,20-21H,7H2,1-2H3/b12-8-,20-13?. The molecule has 0 bridgehead atoms. The van der Waals surface area contributed by atoms with E-state index in [1.165, 1.54) is 24.3 Å². The number of nitrogens with zero attached hydrogens (tertiary/aromatic N) is 3. The van der Waals surface area contributed by atoms with Gasteiger partial charge in [-0.25, -0.2) is 8.42 Å². The number of alkyl halides is 3. The summed E-state index contributed by atoms with van der Waals surface area (Å²) in [4.78, 5) is 21.3. The summed E-state index contributed by atoms with van der Waals surface area (Å²) in [5.41, 5.74) is -2.76. The minimum atomic E-state index is -5.00. The highest BCUT2D eigenvalue weighted by molar-refractivity contribution is 7.90. The Kier molecular flexibility index (Phi) is 6.50. The van der Waals surface area contributed by atoms with E-state index >= 15 is 0 Å². The molecule has 160 valence electrons. The normalized spacial score (nSPS) is 12.8. The molecule has 0 radical (unpaired) electrons. The summed E-state index contributed by atoms with van der Waals surface area (Å²) in [5, 5.41) is 18.9. The molecule has 2 N–H and O–H groups in total. The fourth-order valence-electron chi connectivity index (χ4n) is 2.20. The number of benzene rings is 1. The zero-order valence-corrected chi connectivity index (χ0v) is 16.3. The van der Waals surface area contributed by atoms with E-state index in [1.807, 2.05) is 0 Å². The topological polar surface area (TPSA) is 155 Å². The Morgan fingerprint density at radius 2 is 1.97 bits per heavy atom. The molecule has 0 spiro atoms. The third-order valence-electron chi connectivity index (χ3n) is 3.70. The first-order valence-corrected chi connectivity index (χ1v) is 9.85. The summed E-state index contributed by atoms with van der Waals surface area (Å²) in [6.45, 7) is 0.160. The number of aromatic nitrogens is 2. The van der Waals surface area contributed by atoms with Crippen LogP contribution in [0.15, 0.2) is 44.3 Å². The molecule has 0 saturated carbocycles. The van der Waals surface area contributed by atoms with Crippen molar-refractivity contribution >= 4 is 27.2 Å². The SMILES string of the molecule is C/C(C(=N)C(F)(F)F)=C(/NCC(=O)N=O)c1nnc(-c2cccc(S(C)(=O)=O)c2)o1. The first-order valence-electron chi connectivity index (χ1n) is 7.96. The Morgan fingerprint density at radius 1 is 1.30 bits per heavy atom. The average molecular weight is 445 g/mol. The highest BCUT2D eigenvalue weighted by atomic mass is 32.2. The monoisotopic (exact) mass is 445 g/mol. The van der Waals surface area contributed by atoms with Crippen molar-refractivity contribution in [1.82, 2.24) is 15.5 Å². The summed E-state index contributed by atoms with van der Waals surface area (Å²) in [5.74, 6) is -1.94. The van der Waals surface area contributed by atoms with Crippen molar-refractivity contribution in [2.24, 2.45) is 5.18 Å². The number of sulfone groups is 1. The Morgan fingerprint density at radius 3 is 2.53 bits per heavy atom. The molecule has 14 heteroatoms. The summed E-state index contributed by atoms with van der Waals surface area (Å²) < 4.78 is 67.5. The van der Waals surface area contributed by atoms with Gasteiger partial charge in [-0.05, 0) is 25.1 Å². The van der Waals surface area contributed by atoms with Crippen LogP contribution in [0.25, 0.3) is 17.2 Å². The maximum Gasteiger partial charge on any atom is 0.433 e. The summed E-state index contributed by atoms with van der Waals surface area (Å²) in [7, 11) is -3.55. The van der Waals surface area contributed by atoms with Crippen LogP contribution in [-0.4, -0.2) is 49.2 Å². The quantitative estimate of drug-likeness (QED) is 0.486. The Labute approximate surface area is 167 Å². The molecular formula is C16H14F3N5O5S. The van der Waals surface area contributed by atoms with Crippen LogP contribution < -0.4 is 5.32 Å². The second-order valence-corrected chi connectivity index (χ2v) is 7.94. The Hall–Kier alpha value is -3.42. The van der Waals surface area contributed by atoms with Gasteiger partial charge in [0.15, 0.2) is 9.84 Å². The fraction of sp³-hybridized carbons (Fsp3) is 0.250. The molecule has 2 rings (SSSR count). The van der Waals surface area contributed by atoms with E-state index in [9.17, 15) is 31.3 Å². The van der Waals surface area contributed by atoms with E-state index in [-0.39, 0.29) is 16.3 Å². The van der Waals surface area contributed by atoms with Crippen molar-refractivity contribution in [1.29, 1.82) is 5.41 Å². The van der Waals surface area contributed by atoms with Crippen LogP contribution in [0.5, 0.6) is 0 Å². The number of nitrogens with one attached hydrogen (secondary N) is 2. The number of carbonyl (C=O) groups excluding carboxylic acids is 1. The molecule has 0 aliphatic carbocycles. The van der Waals surface area contributed by atoms with Gasteiger partial charge in [-0.15, -0.1) is 15.1 Å². The molecule has 1 aromatic heterocycles. The minimum absolute atomic E-state index is 0.0497. The number of halogens is 3. The highest BCUT2D eigenvalue weighted by Crippen LogP contribution is 2.27. The Balaban J connectivity index is 2.52. The van der Waals surface area contributed by atoms with Gasteiger partial charge in [0.2, 0.25) is 5.89 Å². The van der Waals surface area contributed by atoms with Crippen molar-refractivity contribution < 1.29 is 30.8 Å². The van der Waals surface area contributed by atoms with E-state index < -0.39 is 51.3 Å². The van der Waals surface area contributed by atoms with Crippen LogP contribution in [0, 0.1) is 10.3 Å². The zero-order valence-electron chi connectivity index (χ0n) is 15.4. The van der Waals surface area contributed by atoms with Crippen molar-refractivity contribution in [2.45, 2.75) is 18.0 Å². The summed E-state index contributed by atoms with van der Waals surface area (Å²) in [6, 6.07) is 5.40. The van der Waals surface area contributed by atoms with Gasteiger partial charge in [-0.1, -0.05) is 6.07 Å². The first kappa shape index (κ1) is 22.9. The second-order valence-electron chi connectivity index (χ2n) is 5.92. The lowest BCUT2D eigenvalue weighted by molar-refractivity contribution is -0.116. The number of rotatable bonds is 7. The van der Waals surface area contributed by atoms with Gasteiger partial charge in [-0.3, -0.25) is 10.2 Å². The van der Waals surface area contributed by atoms with Crippen LogP contribution in [0.2, 0.25) is 0 Å². The third-order valence-corrected chi connectivity index (χ3v) is 4.81. The summed E-state index contributed by atoms with van der Waals surface area (Å²) >= 11 is 0. The molecule has 0 saturated heterocycles. The van der Waals surface area contributed by atoms with Crippen molar-refractivity contribution in [3.8, 4) is 11.5 Å². The average Bonchev–Trinajstić information content (AvgIpc) is 3.15. The lowest BCUT2D eigenvalue weighted by Gasteiger charge is -2.13. The molecular weight excluding hydrogens is 431 g/mol. The largest absolute Gasteiger partial charge is 0.433 e. The van der Waals surface area contributed by atoms with Gasteiger partial charge in [0.25, 0.3) is 5.89 Å². The summed E-state index contributed by atoms with van der Waals surface area (Å²) in [6.07, 6.45) is -4.02. The maximum absolute atomic E-state index is 12.9. The highest BCUT2D eigenvalue weighted by Gasteiger charge is 2.37. The van der Waals surface area contributed by atoms with Crippen molar-refractivity contribution in [3.63, 3.8) is 0 Å². The lowest BCUT2D eigenvalue weighted by Crippen LogP contribution is -2.28. The van der Waals surface area contributed by atoms with E-state index in [0.717, 1.165) is 13.2 Å². The molecule has 1 amide bonds. The molecule has 1 heterocycles. The molecule has 2 aromatic rings. The molecule has 10 nitrogen and oxygen atoms in total. The lowest BCUT2D eigenvalue weighted by atomic mass is 10.1. The van der Waals surface area contributed by atoms with Crippen molar-refractivity contribution in [2.75, 3.05) is 12.8 Å². The number of hydrogen-bond acceptors (Lipinski definition) is 9. The molecule has 0 atom stereocenters. The van der Waals surface area contributed by atoms with Crippen LogP contribution in [0.1, 0.15) is 12.8 Å². The van der Waals surface area contributed by atoms with Gasteiger partial charge in [0, 0.05) is 22.6 Å². The first-order chi connectivity index (χ1) is 13.8. The van der Waals surface area contributed by atoms with Crippen molar-refractivity contribution in [3.05, 3.63) is 40.6 Å². The van der Waals surface area contributed by atoms with Crippen LogP contribution >= 0.6 is 0 Å². The fourth-order valence-corrected chi connectivity index (χ4v) is 2.87. The van der Waals surface area contributed by atoms with E-state index in [4.69, 9.17) is 9.83 Å². The number of nitroso groups, excluding NO2 is 1. The molecule has 1 aromatic carbocycles. The predicted octanol–water partition coefficient (Wildman–Crippen LogP) is 2.34. The van der Waals surface area contributed by atoms with Gasteiger partial charge < -0.3 is 9.73 Å².